The third kappa shape index (κ3) is 1.86. The van der Waals surface area contributed by atoms with E-state index in [9.17, 15) is 4.79 Å². The number of rotatable bonds is 2. The third-order valence-corrected chi connectivity index (χ3v) is 2.81. The molecule has 0 aliphatic heterocycles. The first-order valence-electron chi connectivity index (χ1n) is 5.42. The summed E-state index contributed by atoms with van der Waals surface area (Å²) < 4.78 is 5.19. The van der Waals surface area contributed by atoms with Crippen molar-refractivity contribution < 1.29 is 9.53 Å². The van der Waals surface area contributed by atoms with Gasteiger partial charge < -0.3 is 14.6 Å². The molecule has 17 heavy (non-hydrogen) atoms. The van der Waals surface area contributed by atoms with E-state index in [0.29, 0.717) is 5.56 Å². The third-order valence-electron chi connectivity index (χ3n) is 2.81. The smallest absolute Gasteiger partial charge is 0.255 e. The number of carbonyl (C=O) groups excluding carboxylic acids is 1. The number of H-pyrrole nitrogens is 1. The molecule has 2 rings (SSSR count). The van der Waals surface area contributed by atoms with E-state index in [4.69, 9.17) is 4.74 Å². The van der Waals surface area contributed by atoms with Crippen LogP contribution in [0.2, 0.25) is 0 Å². The second-order valence-corrected chi connectivity index (χ2v) is 4.24. The highest BCUT2D eigenvalue weighted by Crippen LogP contribution is 2.26. The van der Waals surface area contributed by atoms with E-state index in [2.05, 4.69) is 4.98 Å². The first kappa shape index (κ1) is 11.5. The zero-order valence-corrected chi connectivity index (χ0v) is 10.5. The predicted octanol–water partition coefficient (Wildman–Crippen LogP) is 2.19. The minimum absolute atomic E-state index is 0.00185. The molecule has 90 valence electrons. The van der Waals surface area contributed by atoms with Crippen LogP contribution in [0.4, 0.5) is 0 Å². The molecule has 0 radical (unpaired) electrons. The molecular formula is C13H16N2O2. The Morgan fingerprint density at radius 3 is 2.65 bits per heavy atom. The molecule has 0 unspecified atom stereocenters. The zero-order valence-electron chi connectivity index (χ0n) is 10.5. The summed E-state index contributed by atoms with van der Waals surface area (Å²) in [4.78, 5) is 16.9. The summed E-state index contributed by atoms with van der Waals surface area (Å²) in [6, 6.07) is 5.69. The minimum Gasteiger partial charge on any atom is -0.497 e. The minimum atomic E-state index is 0.00185. The SMILES string of the molecule is COc1ccc2[nH]c(C)c(C(=O)N(C)C)c2c1. The Kier molecular flexibility index (Phi) is 2.79. The Morgan fingerprint density at radius 1 is 1.35 bits per heavy atom. The quantitative estimate of drug-likeness (QED) is 0.862. The zero-order chi connectivity index (χ0) is 12.6. The second-order valence-electron chi connectivity index (χ2n) is 4.24. The molecule has 0 atom stereocenters. The van der Waals surface area contributed by atoms with E-state index in [1.807, 2.05) is 25.1 Å². The highest BCUT2D eigenvalue weighted by Gasteiger charge is 2.17. The van der Waals surface area contributed by atoms with Crippen molar-refractivity contribution in [2.24, 2.45) is 0 Å². The van der Waals surface area contributed by atoms with Gasteiger partial charge in [0, 0.05) is 30.7 Å². The molecule has 1 amide bonds. The molecule has 0 aliphatic carbocycles. The number of aromatic amines is 1. The summed E-state index contributed by atoms with van der Waals surface area (Å²) in [6.45, 7) is 1.91. The van der Waals surface area contributed by atoms with E-state index in [1.165, 1.54) is 0 Å². The standard InChI is InChI=1S/C13H16N2O2/c1-8-12(13(16)15(2)3)10-7-9(17-4)5-6-11(10)14-8/h5-7,14H,1-4H3. The van der Waals surface area contributed by atoms with E-state index in [1.54, 1.807) is 26.1 Å². The number of nitrogens with zero attached hydrogens (tertiary/aromatic N) is 1. The van der Waals surface area contributed by atoms with Gasteiger partial charge in [0.15, 0.2) is 0 Å². The van der Waals surface area contributed by atoms with Crippen LogP contribution in [0.5, 0.6) is 5.75 Å². The van der Waals surface area contributed by atoms with Gasteiger partial charge in [-0.15, -0.1) is 0 Å². The van der Waals surface area contributed by atoms with Crippen molar-refractivity contribution in [3.8, 4) is 5.75 Å². The Morgan fingerprint density at radius 2 is 2.06 bits per heavy atom. The van der Waals surface area contributed by atoms with Crippen LogP contribution in [0, 0.1) is 6.92 Å². The molecule has 1 aromatic carbocycles. The average Bonchev–Trinajstić information content (AvgIpc) is 2.62. The Bertz CT molecular complexity index is 570. The van der Waals surface area contributed by atoms with Crippen molar-refractivity contribution in [3.63, 3.8) is 0 Å². The fourth-order valence-electron chi connectivity index (χ4n) is 1.93. The molecule has 0 saturated carbocycles. The van der Waals surface area contributed by atoms with Gasteiger partial charge in [-0.05, 0) is 25.1 Å². The van der Waals surface area contributed by atoms with Crippen molar-refractivity contribution in [3.05, 3.63) is 29.5 Å². The topological polar surface area (TPSA) is 45.3 Å². The van der Waals surface area contributed by atoms with Crippen molar-refractivity contribution in [2.45, 2.75) is 6.92 Å². The van der Waals surface area contributed by atoms with Gasteiger partial charge in [-0.2, -0.15) is 0 Å². The lowest BCUT2D eigenvalue weighted by atomic mass is 10.1. The van der Waals surface area contributed by atoms with Crippen LogP contribution >= 0.6 is 0 Å². The van der Waals surface area contributed by atoms with Crippen LogP contribution < -0.4 is 4.74 Å². The summed E-state index contributed by atoms with van der Waals surface area (Å²) in [7, 11) is 5.12. The average molecular weight is 232 g/mol. The number of benzene rings is 1. The molecule has 1 heterocycles. The predicted molar refractivity (Wildman–Crippen MR) is 67.6 cm³/mol. The number of methoxy groups -OCH3 is 1. The van der Waals surface area contributed by atoms with E-state index < -0.39 is 0 Å². The van der Waals surface area contributed by atoms with E-state index in [-0.39, 0.29) is 5.91 Å². The molecule has 4 heteroatoms. The molecular weight excluding hydrogens is 216 g/mol. The molecule has 0 bridgehead atoms. The molecule has 0 spiro atoms. The van der Waals surface area contributed by atoms with Gasteiger partial charge >= 0.3 is 0 Å². The summed E-state index contributed by atoms with van der Waals surface area (Å²) in [5, 5.41) is 0.903. The van der Waals surface area contributed by atoms with Gasteiger partial charge in [0.2, 0.25) is 0 Å². The lowest BCUT2D eigenvalue weighted by molar-refractivity contribution is 0.0829. The number of nitrogens with one attached hydrogen (secondary N) is 1. The van der Waals surface area contributed by atoms with Crippen LogP contribution in [-0.2, 0) is 0 Å². The number of carbonyl (C=O) groups is 1. The number of aryl methyl sites for hydroxylation is 1. The maximum Gasteiger partial charge on any atom is 0.255 e. The van der Waals surface area contributed by atoms with Gasteiger partial charge in [-0.3, -0.25) is 4.79 Å². The first-order chi connectivity index (χ1) is 8.04. The highest BCUT2D eigenvalue weighted by molar-refractivity contribution is 6.08. The van der Waals surface area contributed by atoms with Crippen LogP contribution in [0.3, 0.4) is 0 Å². The Balaban J connectivity index is 2.68. The van der Waals surface area contributed by atoms with Gasteiger partial charge in [0.1, 0.15) is 5.75 Å². The van der Waals surface area contributed by atoms with E-state index >= 15 is 0 Å². The van der Waals surface area contributed by atoms with Crippen LogP contribution in [0.1, 0.15) is 16.1 Å². The summed E-state index contributed by atoms with van der Waals surface area (Å²) in [6.07, 6.45) is 0. The second kappa shape index (κ2) is 4.13. The fraction of sp³-hybridized carbons (Fsp3) is 0.308. The van der Waals surface area contributed by atoms with Crippen molar-refractivity contribution in [2.75, 3.05) is 21.2 Å². The Hall–Kier alpha value is -1.97. The maximum atomic E-state index is 12.1. The molecule has 0 aliphatic rings. The Labute approximate surface area is 100 Å². The normalized spacial score (nSPS) is 10.6. The molecule has 1 aromatic heterocycles. The van der Waals surface area contributed by atoms with Gasteiger partial charge in [-0.1, -0.05) is 0 Å². The lowest BCUT2D eigenvalue weighted by Gasteiger charge is -2.10. The maximum absolute atomic E-state index is 12.1. The number of amides is 1. The molecule has 4 nitrogen and oxygen atoms in total. The molecule has 2 aromatic rings. The summed E-state index contributed by atoms with van der Waals surface area (Å²) >= 11 is 0. The van der Waals surface area contributed by atoms with Gasteiger partial charge in [0.25, 0.3) is 5.91 Å². The van der Waals surface area contributed by atoms with Gasteiger partial charge in [-0.25, -0.2) is 0 Å². The van der Waals surface area contributed by atoms with Gasteiger partial charge in [0.05, 0.1) is 12.7 Å². The lowest BCUT2D eigenvalue weighted by Crippen LogP contribution is -2.22. The number of fused-ring (bicyclic) bond motifs is 1. The van der Waals surface area contributed by atoms with E-state index in [0.717, 1.165) is 22.3 Å². The summed E-state index contributed by atoms with van der Waals surface area (Å²) in [5.74, 6) is 0.756. The van der Waals surface area contributed by atoms with Crippen molar-refractivity contribution in [1.82, 2.24) is 9.88 Å². The number of hydrogen-bond donors (Lipinski definition) is 1. The largest absolute Gasteiger partial charge is 0.497 e. The van der Waals surface area contributed by atoms with Crippen molar-refractivity contribution in [1.29, 1.82) is 0 Å². The van der Waals surface area contributed by atoms with Crippen LogP contribution in [0.15, 0.2) is 18.2 Å². The van der Waals surface area contributed by atoms with Crippen molar-refractivity contribution >= 4 is 16.8 Å². The van der Waals surface area contributed by atoms with Crippen LogP contribution in [0.25, 0.3) is 10.9 Å². The molecule has 1 N–H and O–H groups in total. The fourth-order valence-corrected chi connectivity index (χ4v) is 1.93. The summed E-state index contributed by atoms with van der Waals surface area (Å²) in [5.41, 5.74) is 2.55. The van der Waals surface area contributed by atoms with Crippen LogP contribution in [-0.4, -0.2) is 37.0 Å². The monoisotopic (exact) mass is 232 g/mol. The number of ether oxygens (including phenoxy) is 1. The molecule has 0 fully saturated rings. The first-order valence-corrected chi connectivity index (χ1v) is 5.42. The highest BCUT2D eigenvalue weighted by atomic mass is 16.5. The number of aromatic nitrogens is 1. The molecule has 0 saturated heterocycles. The number of hydrogen-bond acceptors (Lipinski definition) is 2.